The molecule has 0 aromatic heterocycles. The van der Waals surface area contributed by atoms with Crippen molar-refractivity contribution in [2.75, 3.05) is 0 Å². The van der Waals surface area contributed by atoms with E-state index in [4.69, 9.17) is 9.47 Å². The van der Waals surface area contributed by atoms with Crippen LogP contribution in [0.15, 0.2) is 0 Å². The minimum atomic E-state index is -0.329. The molecule has 3 atom stereocenters. The van der Waals surface area contributed by atoms with E-state index in [0.717, 1.165) is 6.42 Å². The molecule has 2 aliphatic rings. The third kappa shape index (κ3) is 2.40. The fourth-order valence-corrected chi connectivity index (χ4v) is 3.01. The van der Waals surface area contributed by atoms with E-state index in [0.29, 0.717) is 12.0 Å². The van der Waals surface area contributed by atoms with Gasteiger partial charge in [-0.3, -0.25) is 4.79 Å². The molecular weight excluding hydrogens is 204 g/mol. The van der Waals surface area contributed by atoms with Gasteiger partial charge >= 0.3 is 5.97 Å². The molecule has 0 bridgehead atoms. The van der Waals surface area contributed by atoms with Gasteiger partial charge in [-0.2, -0.15) is 0 Å². The molecular formula is C13H22O3. The first-order chi connectivity index (χ1) is 7.49. The predicted molar refractivity (Wildman–Crippen MR) is 61.1 cm³/mol. The zero-order valence-corrected chi connectivity index (χ0v) is 10.5. The van der Waals surface area contributed by atoms with Crippen molar-refractivity contribution in [3.05, 3.63) is 0 Å². The van der Waals surface area contributed by atoms with Gasteiger partial charge < -0.3 is 9.47 Å². The van der Waals surface area contributed by atoms with Gasteiger partial charge in [0.2, 0.25) is 0 Å². The molecule has 0 N–H and O–H groups in total. The molecule has 1 saturated heterocycles. The van der Waals surface area contributed by atoms with Crippen LogP contribution in [0.3, 0.4) is 0 Å². The van der Waals surface area contributed by atoms with Crippen LogP contribution in [-0.4, -0.2) is 23.8 Å². The number of hydrogen-bond donors (Lipinski definition) is 0. The van der Waals surface area contributed by atoms with Gasteiger partial charge in [0, 0.05) is 6.92 Å². The molecule has 1 aliphatic heterocycles. The normalized spacial score (nSPS) is 37.6. The average molecular weight is 226 g/mol. The summed E-state index contributed by atoms with van der Waals surface area (Å²) in [5, 5.41) is 0. The van der Waals surface area contributed by atoms with Crippen molar-refractivity contribution in [3.63, 3.8) is 0 Å². The van der Waals surface area contributed by atoms with Crippen molar-refractivity contribution in [1.29, 1.82) is 0 Å². The molecule has 16 heavy (non-hydrogen) atoms. The first kappa shape index (κ1) is 11.9. The largest absolute Gasteiger partial charge is 0.459 e. The third-order valence-electron chi connectivity index (χ3n) is 3.89. The highest BCUT2D eigenvalue weighted by atomic mass is 16.6. The van der Waals surface area contributed by atoms with Crippen LogP contribution in [0.1, 0.15) is 52.9 Å². The number of carbonyl (C=O) groups is 1. The van der Waals surface area contributed by atoms with E-state index in [2.05, 4.69) is 0 Å². The molecule has 0 spiro atoms. The second-order valence-corrected chi connectivity index (χ2v) is 5.64. The summed E-state index contributed by atoms with van der Waals surface area (Å²) in [6.07, 6.45) is 6.23. The van der Waals surface area contributed by atoms with E-state index < -0.39 is 0 Å². The average Bonchev–Trinajstić information content (AvgIpc) is 2.17. The van der Waals surface area contributed by atoms with Crippen LogP contribution in [0, 0.1) is 5.92 Å². The third-order valence-corrected chi connectivity index (χ3v) is 3.89. The number of esters is 1. The second-order valence-electron chi connectivity index (χ2n) is 5.64. The van der Waals surface area contributed by atoms with Crippen LogP contribution in [0.25, 0.3) is 0 Å². The van der Waals surface area contributed by atoms with Gasteiger partial charge in [-0.25, -0.2) is 0 Å². The van der Waals surface area contributed by atoms with Crippen molar-refractivity contribution >= 4 is 5.97 Å². The van der Waals surface area contributed by atoms with E-state index >= 15 is 0 Å². The van der Waals surface area contributed by atoms with Crippen LogP contribution in [0.5, 0.6) is 0 Å². The minimum Gasteiger partial charge on any atom is -0.459 e. The summed E-state index contributed by atoms with van der Waals surface area (Å²) in [5.74, 6) is 0.391. The van der Waals surface area contributed by atoms with Crippen molar-refractivity contribution < 1.29 is 14.3 Å². The van der Waals surface area contributed by atoms with Crippen LogP contribution < -0.4 is 0 Å². The van der Waals surface area contributed by atoms with Gasteiger partial charge in [-0.05, 0) is 39.0 Å². The molecule has 1 heterocycles. The summed E-state index contributed by atoms with van der Waals surface area (Å²) in [4.78, 5) is 11.1. The molecule has 0 aromatic rings. The molecule has 1 aliphatic carbocycles. The first-order valence-electron chi connectivity index (χ1n) is 6.34. The smallest absolute Gasteiger partial charge is 0.303 e. The maximum atomic E-state index is 11.1. The topological polar surface area (TPSA) is 35.5 Å². The number of rotatable bonds is 1. The molecule has 0 amide bonds. The number of fused-ring (bicyclic) bond motifs is 1. The molecule has 1 saturated carbocycles. The zero-order valence-electron chi connectivity index (χ0n) is 10.5. The lowest BCUT2D eigenvalue weighted by Crippen LogP contribution is -2.53. The summed E-state index contributed by atoms with van der Waals surface area (Å²) in [7, 11) is 0. The SMILES string of the molecule is CC(=O)O[C@@H]1C[C@@H]2CCCC[C@H]2OC1(C)C. The van der Waals surface area contributed by atoms with Gasteiger partial charge in [-0.1, -0.05) is 12.8 Å². The van der Waals surface area contributed by atoms with Gasteiger partial charge in [-0.15, -0.1) is 0 Å². The lowest BCUT2D eigenvalue weighted by Gasteiger charge is -2.47. The van der Waals surface area contributed by atoms with Gasteiger partial charge in [0.05, 0.1) is 11.7 Å². The summed E-state index contributed by atoms with van der Waals surface area (Å²) in [6.45, 7) is 5.54. The molecule has 2 fully saturated rings. The maximum absolute atomic E-state index is 11.1. The van der Waals surface area contributed by atoms with Crippen molar-refractivity contribution in [3.8, 4) is 0 Å². The highest BCUT2D eigenvalue weighted by Gasteiger charge is 2.45. The number of ether oxygens (including phenoxy) is 2. The Labute approximate surface area is 97.5 Å². The Kier molecular flexibility index (Phi) is 3.24. The molecule has 92 valence electrons. The van der Waals surface area contributed by atoms with Crippen LogP contribution >= 0.6 is 0 Å². The second kappa shape index (κ2) is 4.36. The van der Waals surface area contributed by atoms with E-state index in [-0.39, 0.29) is 17.7 Å². The Morgan fingerprint density at radius 2 is 2.00 bits per heavy atom. The lowest BCUT2D eigenvalue weighted by atomic mass is 9.77. The highest BCUT2D eigenvalue weighted by molar-refractivity contribution is 5.66. The molecule has 0 aromatic carbocycles. The number of carbonyl (C=O) groups excluding carboxylic acids is 1. The molecule has 0 radical (unpaired) electrons. The molecule has 0 unspecified atom stereocenters. The van der Waals surface area contributed by atoms with Crippen LogP contribution in [0.2, 0.25) is 0 Å². The van der Waals surface area contributed by atoms with Crippen molar-refractivity contribution in [1.82, 2.24) is 0 Å². The Balaban J connectivity index is 2.05. The van der Waals surface area contributed by atoms with Gasteiger partial charge in [0.25, 0.3) is 0 Å². The molecule has 3 nitrogen and oxygen atoms in total. The van der Waals surface area contributed by atoms with E-state index in [1.54, 1.807) is 0 Å². The van der Waals surface area contributed by atoms with Crippen molar-refractivity contribution in [2.45, 2.75) is 70.7 Å². The first-order valence-corrected chi connectivity index (χ1v) is 6.34. The van der Waals surface area contributed by atoms with E-state index in [9.17, 15) is 4.79 Å². The van der Waals surface area contributed by atoms with Crippen molar-refractivity contribution in [2.24, 2.45) is 5.92 Å². The van der Waals surface area contributed by atoms with Crippen LogP contribution in [0.4, 0.5) is 0 Å². The summed E-state index contributed by atoms with van der Waals surface area (Å²) < 4.78 is 11.5. The Hall–Kier alpha value is -0.570. The van der Waals surface area contributed by atoms with Crippen LogP contribution in [-0.2, 0) is 14.3 Å². The lowest BCUT2D eigenvalue weighted by molar-refractivity contribution is -0.216. The fourth-order valence-electron chi connectivity index (χ4n) is 3.01. The fraction of sp³-hybridized carbons (Fsp3) is 0.923. The Bertz CT molecular complexity index is 272. The summed E-state index contributed by atoms with van der Waals surface area (Å²) in [6, 6.07) is 0. The predicted octanol–water partition coefficient (Wildman–Crippen LogP) is 2.68. The number of hydrogen-bond acceptors (Lipinski definition) is 3. The van der Waals surface area contributed by atoms with Gasteiger partial charge in [0.15, 0.2) is 0 Å². The minimum absolute atomic E-state index is 0.0793. The maximum Gasteiger partial charge on any atom is 0.303 e. The Morgan fingerprint density at radius 1 is 1.31 bits per heavy atom. The standard InChI is InChI=1S/C13H22O3/c1-9(14)15-12-8-10-6-4-5-7-11(10)16-13(12,2)3/h10-12H,4-8H2,1-3H3/t10-,11+,12+/m0/s1. The summed E-state index contributed by atoms with van der Waals surface area (Å²) in [5.41, 5.74) is -0.329. The zero-order chi connectivity index (χ0) is 11.8. The quantitative estimate of drug-likeness (QED) is 0.645. The Morgan fingerprint density at radius 3 is 2.69 bits per heavy atom. The monoisotopic (exact) mass is 226 g/mol. The molecule has 3 heteroatoms. The highest BCUT2D eigenvalue weighted by Crippen LogP contribution is 2.41. The van der Waals surface area contributed by atoms with E-state index in [1.807, 2.05) is 13.8 Å². The van der Waals surface area contributed by atoms with E-state index in [1.165, 1.54) is 32.6 Å². The summed E-state index contributed by atoms with van der Waals surface area (Å²) >= 11 is 0. The molecule has 2 rings (SSSR count). The van der Waals surface area contributed by atoms with Gasteiger partial charge in [0.1, 0.15) is 6.10 Å².